The highest BCUT2D eigenvalue weighted by Crippen LogP contribution is 2.36. The lowest BCUT2D eigenvalue weighted by molar-refractivity contribution is -0.0301. The van der Waals surface area contributed by atoms with E-state index in [4.69, 9.17) is 0 Å². The van der Waals surface area contributed by atoms with E-state index in [-0.39, 0.29) is 5.41 Å². The smallest absolute Gasteiger partial charge is 0.0622 e. The van der Waals surface area contributed by atoms with Crippen molar-refractivity contribution in [2.45, 2.75) is 53.6 Å². The summed E-state index contributed by atoms with van der Waals surface area (Å²) in [6.07, 6.45) is 1.11. The van der Waals surface area contributed by atoms with Gasteiger partial charge in [-0.2, -0.15) is 0 Å². The van der Waals surface area contributed by atoms with Gasteiger partial charge in [0.25, 0.3) is 0 Å². The zero-order valence-electron chi connectivity index (χ0n) is 8.73. The van der Waals surface area contributed by atoms with Gasteiger partial charge in [0.15, 0.2) is 0 Å². The zero-order valence-corrected chi connectivity index (χ0v) is 8.73. The van der Waals surface area contributed by atoms with Crippen molar-refractivity contribution < 1.29 is 5.11 Å². The van der Waals surface area contributed by atoms with Crippen LogP contribution in [0.3, 0.4) is 0 Å². The highest BCUT2D eigenvalue weighted by Gasteiger charge is 2.34. The molecule has 0 aliphatic carbocycles. The van der Waals surface area contributed by atoms with Crippen LogP contribution >= 0.6 is 0 Å². The Morgan fingerprint density at radius 2 is 1.55 bits per heavy atom. The largest absolute Gasteiger partial charge is 0.390 e. The summed E-state index contributed by atoms with van der Waals surface area (Å²) in [5.41, 5.74) is -0.322. The molecule has 1 heteroatoms. The average Bonchev–Trinajstić information content (AvgIpc) is 1.84. The second-order valence-electron chi connectivity index (χ2n) is 4.72. The lowest BCUT2D eigenvalue weighted by Gasteiger charge is -2.38. The van der Waals surface area contributed by atoms with Crippen molar-refractivity contribution in [1.82, 2.24) is 0 Å². The van der Waals surface area contributed by atoms with Crippen LogP contribution in [0.5, 0.6) is 0 Å². The van der Waals surface area contributed by atoms with Crippen molar-refractivity contribution >= 4 is 0 Å². The minimum Gasteiger partial charge on any atom is -0.390 e. The molecule has 1 N–H and O–H groups in total. The summed E-state index contributed by atoms with van der Waals surface area (Å²) in [7, 11) is 0. The predicted molar refractivity (Wildman–Crippen MR) is 49.5 cm³/mol. The molecule has 0 saturated carbocycles. The van der Waals surface area contributed by atoms with Gasteiger partial charge < -0.3 is 5.11 Å². The topological polar surface area (TPSA) is 20.2 Å². The molecule has 0 aromatic heterocycles. The van der Waals surface area contributed by atoms with Gasteiger partial charge in [-0.05, 0) is 25.2 Å². The number of hydrogen-bond donors (Lipinski definition) is 1. The molecule has 0 radical (unpaired) electrons. The van der Waals surface area contributed by atoms with Gasteiger partial charge in [0, 0.05) is 0 Å². The third-order valence-electron chi connectivity index (χ3n) is 3.14. The third-order valence-corrected chi connectivity index (χ3v) is 3.14. The maximum Gasteiger partial charge on any atom is 0.0622 e. The predicted octanol–water partition coefficient (Wildman–Crippen LogP) is 2.83. The van der Waals surface area contributed by atoms with E-state index in [1.165, 1.54) is 0 Å². The lowest BCUT2D eigenvalue weighted by atomic mass is 9.70. The fourth-order valence-electron chi connectivity index (χ4n) is 1.26. The Morgan fingerprint density at radius 1 is 1.18 bits per heavy atom. The fraction of sp³-hybridized carbons (Fsp3) is 1.00. The summed E-state index contributed by atoms with van der Waals surface area (Å²) >= 11 is 0. The molecule has 0 saturated heterocycles. The average molecular weight is 158 g/mol. The molecule has 0 rings (SSSR count). The first-order valence-electron chi connectivity index (χ1n) is 4.44. The van der Waals surface area contributed by atoms with Crippen LogP contribution in [0, 0.1) is 11.3 Å². The molecule has 68 valence electrons. The zero-order chi connectivity index (χ0) is 9.28. The molecule has 0 fully saturated rings. The first kappa shape index (κ1) is 11.0. The summed E-state index contributed by atoms with van der Waals surface area (Å²) in [6.45, 7) is 12.5. The van der Waals surface area contributed by atoms with Crippen molar-refractivity contribution in [2.75, 3.05) is 0 Å². The summed E-state index contributed by atoms with van der Waals surface area (Å²) in [5, 5.41) is 9.75. The van der Waals surface area contributed by atoms with Crippen molar-refractivity contribution in [1.29, 1.82) is 0 Å². The Bertz CT molecular complexity index is 119. The molecule has 0 spiro atoms. The van der Waals surface area contributed by atoms with Gasteiger partial charge in [0.1, 0.15) is 0 Å². The third kappa shape index (κ3) is 2.82. The molecule has 0 heterocycles. The van der Waals surface area contributed by atoms with E-state index in [0.717, 1.165) is 6.42 Å². The Balaban J connectivity index is 4.35. The van der Waals surface area contributed by atoms with Crippen LogP contribution in [0.15, 0.2) is 0 Å². The normalized spacial score (nSPS) is 16.6. The molecular formula is C10H22O. The maximum atomic E-state index is 9.75. The van der Waals surface area contributed by atoms with Gasteiger partial charge in [-0.3, -0.25) is 0 Å². The summed E-state index contributed by atoms with van der Waals surface area (Å²) in [6, 6.07) is 0. The van der Waals surface area contributed by atoms with Gasteiger partial charge in [-0.1, -0.05) is 34.1 Å². The van der Waals surface area contributed by atoms with E-state index in [0.29, 0.717) is 5.92 Å². The molecule has 1 nitrogen and oxygen atoms in total. The van der Waals surface area contributed by atoms with Crippen LogP contribution in [0.4, 0.5) is 0 Å². The van der Waals surface area contributed by atoms with Crippen LogP contribution in [0.2, 0.25) is 0 Å². The summed E-state index contributed by atoms with van der Waals surface area (Å²) < 4.78 is 0. The highest BCUT2D eigenvalue weighted by molar-refractivity contribution is 4.84. The van der Waals surface area contributed by atoms with Gasteiger partial charge in [0.2, 0.25) is 0 Å². The second kappa shape index (κ2) is 3.14. The van der Waals surface area contributed by atoms with E-state index in [1.54, 1.807) is 0 Å². The SMILES string of the molecule is CCC(C)(C)[C@H](C)C(C)(C)O. The molecule has 1 atom stereocenters. The molecule has 0 aliphatic rings. The van der Waals surface area contributed by atoms with Gasteiger partial charge in [-0.15, -0.1) is 0 Å². The van der Waals surface area contributed by atoms with Gasteiger partial charge in [0.05, 0.1) is 5.60 Å². The minimum atomic E-state index is -0.556. The Hall–Kier alpha value is -0.0400. The minimum absolute atomic E-state index is 0.234. The van der Waals surface area contributed by atoms with E-state index in [2.05, 4.69) is 27.7 Å². The van der Waals surface area contributed by atoms with E-state index >= 15 is 0 Å². The molecule has 11 heavy (non-hydrogen) atoms. The first-order valence-corrected chi connectivity index (χ1v) is 4.44. The monoisotopic (exact) mass is 158 g/mol. The van der Waals surface area contributed by atoms with Gasteiger partial charge >= 0.3 is 0 Å². The quantitative estimate of drug-likeness (QED) is 0.669. The van der Waals surface area contributed by atoms with E-state index in [1.807, 2.05) is 13.8 Å². The van der Waals surface area contributed by atoms with Crippen LogP contribution in [0.25, 0.3) is 0 Å². The molecule has 0 bridgehead atoms. The van der Waals surface area contributed by atoms with E-state index < -0.39 is 5.60 Å². The van der Waals surface area contributed by atoms with Crippen molar-refractivity contribution in [3.63, 3.8) is 0 Å². The van der Waals surface area contributed by atoms with Crippen LogP contribution in [-0.4, -0.2) is 10.7 Å². The van der Waals surface area contributed by atoms with Crippen LogP contribution in [-0.2, 0) is 0 Å². The Morgan fingerprint density at radius 3 is 1.64 bits per heavy atom. The molecule has 0 aromatic carbocycles. The Labute approximate surface area is 70.8 Å². The standard InChI is InChI=1S/C10H22O/c1-7-9(3,4)8(2)10(5,6)11/h8,11H,7H2,1-6H3/t8-/m0/s1. The molecule has 0 unspecified atom stereocenters. The maximum absolute atomic E-state index is 9.75. The highest BCUT2D eigenvalue weighted by atomic mass is 16.3. The van der Waals surface area contributed by atoms with Crippen LogP contribution < -0.4 is 0 Å². The molecule has 0 amide bonds. The molecular weight excluding hydrogens is 136 g/mol. The number of rotatable bonds is 3. The fourth-order valence-corrected chi connectivity index (χ4v) is 1.26. The second-order valence-corrected chi connectivity index (χ2v) is 4.72. The van der Waals surface area contributed by atoms with Crippen molar-refractivity contribution in [2.24, 2.45) is 11.3 Å². The van der Waals surface area contributed by atoms with E-state index in [9.17, 15) is 5.11 Å². The summed E-state index contributed by atoms with van der Waals surface area (Å²) in [5.74, 6) is 0.333. The van der Waals surface area contributed by atoms with Crippen molar-refractivity contribution in [3.8, 4) is 0 Å². The Kier molecular flexibility index (Phi) is 3.13. The molecule has 0 aliphatic heterocycles. The van der Waals surface area contributed by atoms with Crippen molar-refractivity contribution in [3.05, 3.63) is 0 Å². The molecule has 0 aromatic rings. The number of hydrogen-bond acceptors (Lipinski definition) is 1. The first-order chi connectivity index (χ1) is 4.72. The number of aliphatic hydroxyl groups is 1. The van der Waals surface area contributed by atoms with Gasteiger partial charge in [-0.25, -0.2) is 0 Å². The summed E-state index contributed by atoms with van der Waals surface area (Å²) in [4.78, 5) is 0. The van der Waals surface area contributed by atoms with Crippen LogP contribution in [0.1, 0.15) is 48.0 Å². The lowest BCUT2D eigenvalue weighted by Crippen LogP contribution is -2.38.